The summed E-state index contributed by atoms with van der Waals surface area (Å²) in [6.07, 6.45) is 2.20. The van der Waals surface area contributed by atoms with Gasteiger partial charge in [0.2, 0.25) is 0 Å². The molecule has 0 fully saturated rings. The Bertz CT molecular complexity index is 1440. The van der Waals surface area contributed by atoms with Crippen molar-refractivity contribution in [1.29, 1.82) is 0 Å². The van der Waals surface area contributed by atoms with Crippen molar-refractivity contribution in [3.63, 3.8) is 0 Å². The highest BCUT2D eigenvalue weighted by Gasteiger charge is 2.34. The van der Waals surface area contributed by atoms with E-state index in [2.05, 4.69) is 30.4 Å². The van der Waals surface area contributed by atoms with Gasteiger partial charge in [0.15, 0.2) is 5.78 Å². The van der Waals surface area contributed by atoms with E-state index in [1.54, 1.807) is 37.1 Å². The number of hydrogen-bond donors (Lipinski definition) is 1. The smallest absolute Gasteiger partial charge is 0.306 e. The number of Topliss-reactive ketones (excluding diaryl/α,β-unsaturated/α-hetero) is 1. The van der Waals surface area contributed by atoms with Crippen LogP contribution in [0.25, 0.3) is 11.3 Å². The molecule has 0 aliphatic heterocycles. The first kappa shape index (κ1) is 25.4. The second-order valence-electron chi connectivity index (χ2n) is 7.78. The van der Waals surface area contributed by atoms with Gasteiger partial charge in [0.05, 0.1) is 33.7 Å². The molecule has 1 amide bonds. The van der Waals surface area contributed by atoms with Gasteiger partial charge in [-0.1, -0.05) is 18.5 Å². The molecule has 0 bridgehead atoms. The minimum absolute atomic E-state index is 0.0751. The maximum absolute atomic E-state index is 13.0. The first-order chi connectivity index (χ1) is 17.0. The van der Waals surface area contributed by atoms with E-state index in [0.717, 1.165) is 23.1 Å². The molecule has 4 heterocycles. The molecule has 0 aliphatic rings. The van der Waals surface area contributed by atoms with Crippen molar-refractivity contribution in [2.75, 3.05) is 5.32 Å². The molecule has 0 radical (unpaired) electrons. The van der Waals surface area contributed by atoms with Gasteiger partial charge in [-0.25, -0.2) is 19.9 Å². The zero-order chi connectivity index (χ0) is 26.0. The number of nitrogens with zero attached hydrogens (tertiary/aromatic N) is 6. The standard InChI is InChI=1S/C22H17ClF3N7O2S/c1-11(3-17(34)16-5-15(29-10-30-16)12-6-31-33(2)9-12)21-28-8-18(36-21)20(35)32-19-4-13(22(24,25)26)14(23)7-27-19/h4-11H,3H2,1-2H3,(H,27,32,35). The number of alkyl halides is 3. The summed E-state index contributed by atoms with van der Waals surface area (Å²) in [7, 11) is 1.77. The van der Waals surface area contributed by atoms with E-state index >= 15 is 0 Å². The Morgan fingerprint density at radius 3 is 2.61 bits per heavy atom. The van der Waals surface area contributed by atoms with Crippen LogP contribution in [0.5, 0.6) is 0 Å². The molecule has 4 aromatic rings. The lowest BCUT2D eigenvalue weighted by Crippen LogP contribution is -2.13. The monoisotopic (exact) mass is 535 g/mol. The third kappa shape index (κ3) is 5.74. The van der Waals surface area contributed by atoms with E-state index in [1.807, 2.05) is 0 Å². The molecule has 0 aromatic carbocycles. The van der Waals surface area contributed by atoms with Gasteiger partial charge in [-0.3, -0.25) is 14.3 Å². The maximum atomic E-state index is 13.0. The molecule has 0 spiro atoms. The van der Waals surface area contributed by atoms with Crippen molar-refractivity contribution < 1.29 is 22.8 Å². The second kappa shape index (κ2) is 10.1. The zero-order valence-corrected chi connectivity index (χ0v) is 20.3. The summed E-state index contributed by atoms with van der Waals surface area (Å²) in [6, 6.07) is 2.24. The average molecular weight is 536 g/mol. The number of carbonyl (C=O) groups is 2. The zero-order valence-electron chi connectivity index (χ0n) is 18.7. The van der Waals surface area contributed by atoms with Crippen molar-refractivity contribution in [2.45, 2.75) is 25.4 Å². The van der Waals surface area contributed by atoms with Crippen molar-refractivity contribution in [2.24, 2.45) is 7.05 Å². The van der Waals surface area contributed by atoms with E-state index in [-0.39, 0.29) is 34.5 Å². The molecule has 4 aromatic heterocycles. The van der Waals surface area contributed by atoms with Crippen LogP contribution in [0.15, 0.2) is 43.2 Å². The van der Waals surface area contributed by atoms with Crippen LogP contribution in [0.4, 0.5) is 19.0 Å². The van der Waals surface area contributed by atoms with Gasteiger partial charge in [0.25, 0.3) is 5.91 Å². The molecule has 0 saturated carbocycles. The molecular weight excluding hydrogens is 519 g/mol. The molecule has 14 heteroatoms. The van der Waals surface area contributed by atoms with Crippen LogP contribution in [-0.2, 0) is 13.2 Å². The highest BCUT2D eigenvalue weighted by Crippen LogP contribution is 2.35. The normalized spacial score (nSPS) is 12.4. The lowest BCUT2D eigenvalue weighted by molar-refractivity contribution is -0.137. The first-order valence-corrected chi connectivity index (χ1v) is 11.5. The summed E-state index contributed by atoms with van der Waals surface area (Å²) in [5, 5.41) is 6.34. The Labute approximate surface area is 211 Å². The number of ketones is 1. The quantitative estimate of drug-likeness (QED) is 0.330. The summed E-state index contributed by atoms with van der Waals surface area (Å²) in [5.41, 5.74) is 0.435. The summed E-state index contributed by atoms with van der Waals surface area (Å²) in [6.45, 7) is 1.78. The lowest BCUT2D eigenvalue weighted by atomic mass is 10.0. The van der Waals surface area contributed by atoms with E-state index in [0.29, 0.717) is 16.8 Å². The summed E-state index contributed by atoms with van der Waals surface area (Å²) < 4.78 is 40.8. The van der Waals surface area contributed by atoms with Crippen LogP contribution in [0.3, 0.4) is 0 Å². The number of aromatic nitrogens is 6. The van der Waals surface area contributed by atoms with Crippen LogP contribution < -0.4 is 5.32 Å². The third-order valence-electron chi connectivity index (χ3n) is 5.02. The number of thiazole rings is 1. The van der Waals surface area contributed by atoms with Crippen molar-refractivity contribution in [3.05, 3.63) is 69.4 Å². The van der Waals surface area contributed by atoms with Crippen LogP contribution in [0, 0.1) is 0 Å². The molecule has 1 unspecified atom stereocenters. The molecular formula is C22H17ClF3N7O2S. The third-order valence-corrected chi connectivity index (χ3v) is 6.55. The van der Waals surface area contributed by atoms with Crippen LogP contribution in [0.2, 0.25) is 5.02 Å². The number of aryl methyl sites for hydroxylation is 1. The number of rotatable bonds is 7. The minimum Gasteiger partial charge on any atom is -0.306 e. The fraction of sp³-hybridized carbons (Fsp3) is 0.227. The molecule has 186 valence electrons. The van der Waals surface area contributed by atoms with Crippen molar-refractivity contribution in [3.8, 4) is 11.3 Å². The summed E-state index contributed by atoms with van der Waals surface area (Å²) in [5.74, 6) is -1.56. The Balaban J connectivity index is 1.43. The molecule has 9 nitrogen and oxygen atoms in total. The molecule has 0 aliphatic carbocycles. The number of hydrogen-bond acceptors (Lipinski definition) is 8. The second-order valence-corrected chi connectivity index (χ2v) is 9.25. The Morgan fingerprint density at radius 1 is 1.14 bits per heavy atom. The van der Waals surface area contributed by atoms with Crippen LogP contribution >= 0.6 is 22.9 Å². The fourth-order valence-electron chi connectivity index (χ4n) is 3.21. The van der Waals surface area contributed by atoms with E-state index in [9.17, 15) is 22.8 Å². The maximum Gasteiger partial charge on any atom is 0.418 e. The summed E-state index contributed by atoms with van der Waals surface area (Å²) >= 11 is 6.58. The van der Waals surface area contributed by atoms with Gasteiger partial charge in [-0.05, 0) is 12.1 Å². The van der Waals surface area contributed by atoms with Gasteiger partial charge >= 0.3 is 6.18 Å². The Hall–Kier alpha value is -3.71. The number of amides is 1. The van der Waals surface area contributed by atoms with Crippen molar-refractivity contribution in [1.82, 2.24) is 29.7 Å². The number of pyridine rings is 1. The van der Waals surface area contributed by atoms with Gasteiger partial charge in [0, 0.05) is 37.3 Å². The van der Waals surface area contributed by atoms with E-state index in [1.165, 1.54) is 12.5 Å². The fourth-order valence-corrected chi connectivity index (χ4v) is 4.29. The Kier molecular flexibility index (Phi) is 7.13. The van der Waals surface area contributed by atoms with Crippen LogP contribution in [-0.4, -0.2) is 41.4 Å². The van der Waals surface area contributed by atoms with Gasteiger partial charge in [-0.15, -0.1) is 11.3 Å². The van der Waals surface area contributed by atoms with E-state index < -0.39 is 22.7 Å². The van der Waals surface area contributed by atoms with Crippen molar-refractivity contribution >= 4 is 40.4 Å². The number of carbonyl (C=O) groups excluding carboxylic acids is 2. The average Bonchev–Trinajstić information content (AvgIpc) is 3.49. The summed E-state index contributed by atoms with van der Waals surface area (Å²) in [4.78, 5) is 41.7. The minimum atomic E-state index is -4.69. The highest BCUT2D eigenvalue weighted by molar-refractivity contribution is 7.13. The van der Waals surface area contributed by atoms with Gasteiger partial charge in [-0.2, -0.15) is 18.3 Å². The molecule has 0 saturated heterocycles. The number of anilines is 1. The van der Waals surface area contributed by atoms with Crippen LogP contribution in [0.1, 0.15) is 50.0 Å². The number of halogens is 4. The highest BCUT2D eigenvalue weighted by atomic mass is 35.5. The van der Waals surface area contributed by atoms with E-state index in [4.69, 9.17) is 11.6 Å². The first-order valence-electron chi connectivity index (χ1n) is 10.4. The van der Waals surface area contributed by atoms with Gasteiger partial charge < -0.3 is 5.32 Å². The topological polar surface area (TPSA) is 116 Å². The SMILES string of the molecule is CC(CC(=O)c1cc(-c2cnn(C)c2)ncn1)c1ncc(C(=O)Nc2cc(C(F)(F)F)c(Cl)cn2)s1. The van der Waals surface area contributed by atoms with Gasteiger partial charge in [0.1, 0.15) is 22.7 Å². The molecule has 4 rings (SSSR count). The molecule has 1 N–H and O–H groups in total. The lowest BCUT2D eigenvalue weighted by Gasteiger charge is -2.10. The number of nitrogens with one attached hydrogen (secondary N) is 1. The predicted octanol–water partition coefficient (Wildman–Crippen LogP) is 5.03. The Morgan fingerprint density at radius 2 is 1.92 bits per heavy atom. The predicted molar refractivity (Wildman–Crippen MR) is 126 cm³/mol. The largest absolute Gasteiger partial charge is 0.418 e. The molecule has 36 heavy (non-hydrogen) atoms. The molecule has 1 atom stereocenters.